The third-order valence-electron chi connectivity index (χ3n) is 6.41. The Morgan fingerprint density at radius 1 is 1.12 bits per heavy atom. The quantitative estimate of drug-likeness (QED) is 0.727. The normalized spacial score (nSPS) is 18.9. The van der Waals surface area contributed by atoms with Crippen LogP contribution in [0.3, 0.4) is 0 Å². The van der Waals surface area contributed by atoms with Gasteiger partial charge in [-0.15, -0.1) is 0 Å². The first-order valence-electron chi connectivity index (χ1n) is 11.1. The molecule has 2 aromatic rings. The first kappa shape index (κ1) is 22.8. The fourth-order valence-electron chi connectivity index (χ4n) is 4.65. The summed E-state index contributed by atoms with van der Waals surface area (Å²) in [6.07, 6.45) is -0.544. The van der Waals surface area contributed by atoms with Crippen LogP contribution in [0, 0.1) is 6.92 Å². The van der Waals surface area contributed by atoms with Crippen LogP contribution in [-0.2, 0) is 6.18 Å². The van der Waals surface area contributed by atoms with E-state index in [9.17, 15) is 13.2 Å². The molecular weight excluding hydrogens is 417 g/mol. The number of nitrogen functional groups attached to an aromatic ring is 1. The Morgan fingerprint density at radius 2 is 1.81 bits per heavy atom. The lowest BCUT2D eigenvalue weighted by atomic mass is 9.98. The molecular formula is C23H31F3N6. The predicted octanol–water partition coefficient (Wildman–Crippen LogP) is 3.69. The number of halogens is 3. The second-order valence-electron chi connectivity index (χ2n) is 9.14. The van der Waals surface area contributed by atoms with E-state index in [1.165, 1.54) is 19.3 Å². The van der Waals surface area contributed by atoms with Crippen molar-refractivity contribution in [1.29, 1.82) is 0 Å². The fourth-order valence-corrected chi connectivity index (χ4v) is 4.65. The van der Waals surface area contributed by atoms with Gasteiger partial charge in [0, 0.05) is 44.3 Å². The van der Waals surface area contributed by atoms with Crippen molar-refractivity contribution in [1.82, 2.24) is 19.8 Å². The van der Waals surface area contributed by atoms with E-state index >= 15 is 0 Å². The summed E-state index contributed by atoms with van der Waals surface area (Å²) >= 11 is 0. The van der Waals surface area contributed by atoms with Crippen molar-refractivity contribution >= 4 is 11.6 Å². The van der Waals surface area contributed by atoms with Gasteiger partial charge in [-0.3, -0.25) is 4.90 Å². The number of alkyl halides is 3. The predicted molar refractivity (Wildman–Crippen MR) is 120 cm³/mol. The van der Waals surface area contributed by atoms with Crippen molar-refractivity contribution < 1.29 is 13.2 Å². The molecule has 0 bridgehead atoms. The molecule has 4 rings (SSSR count). The zero-order chi connectivity index (χ0) is 23.0. The molecule has 0 spiro atoms. The standard InChI is InChI=1S/C23H31F3N6/c1-15-12-17(6-7-18(15)23(24,25)26)19(13-30(2)3)31-8-10-32(11-9-31)22-20(16-4-5-16)21(27)28-14-29-22/h6-7,12,14,16,19H,4-5,8-11,13H2,1-3H3,(H2,27,28,29). The molecule has 1 saturated heterocycles. The maximum absolute atomic E-state index is 13.2. The van der Waals surface area contributed by atoms with Gasteiger partial charge in [-0.05, 0) is 57.0 Å². The van der Waals surface area contributed by atoms with Gasteiger partial charge >= 0.3 is 6.18 Å². The smallest absolute Gasteiger partial charge is 0.383 e. The summed E-state index contributed by atoms with van der Waals surface area (Å²) in [5.41, 5.74) is 7.85. The topological polar surface area (TPSA) is 61.5 Å². The molecule has 2 fully saturated rings. The van der Waals surface area contributed by atoms with Crippen molar-refractivity contribution in [3.05, 3.63) is 46.8 Å². The Hall–Kier alpha value is -2.39. The van der Waals surface area contributed by atoms with Crippen molar-refractivity contribution in [3.63, 3.8) is 0 Å². The molecule has 1 aliphatic carbocycles. The highest BCUT2D eigenvalue weighted by molar-refractivity contribution is 5.60. The highest BCUT2D eigenvalue weighted by Gasteiger charge is 2.35. The van der Waals surface area contributed by atoms with E-state index in [2.05, 4.69) is 24.7 Å². The third-order valence-corrected chi connectivity index (χ3v) is 6.41. The molecule has 0 amide bonds. The van der Waals surface area contributed by atoms with Gasteiger partial charge in [0.1, 0.15) is 18.0 Å². The molecule has 2 N–H and O–H groups in total. The summed E-state index contributed by atoms with van der Waals surface area (Å²) in [5.74, 6) is 1.97. The van der Waals surface area contributed by atoms with E-state index in [1.54, 1.807) is 12.1 Å². The number of benzene rings is 1. The zero-order valence-electron chi connectivity index (χ0n) is 18.9. The average Bonchev–Trinajstić information content (AvgIpc) is 3.56. The molecule has 1 aromatic heterocycles. The van der Waals surface area contributed by atoms with Crippen LogP contribution in [0.25, 0.3) is 0 Å². The SMILES string of the molecule is Cc1cc(C(CN(C)C)N2CCN(c3ncnc(N)c3C3CC3)CC2)ccc1C(F)(F)F. The van der Waals surface area contributed by atoms with Gasteiger partial charge < -0.3 is 15.5 Å². The summed E-state index contributed by atoms with van der Waals surface area (Å²) in [5, 5.41) is 0. The van der Waals surface area contributed by atoms with E-state index in [4.69, 9.17) is 5.73 Å². The molecule has 174 valence electrons. The van der Waals surface area contributed by atoms with Gasteiger partial charge in [0.15, 0.2) is 0 Å². The zero-order valence-corrected chi connectivity index (χ0v) is 18.9. The number of rotatable bonds is 6. The Morgan fingerprint density at radius 3 is 2.38 bits per heavy atom. The second kappa shape index (κ2) is 8.86. The van der Waals surface area contributed by atoms with Gasteiger partial charge in [0.25, 0.3) is 0 Å². The summed E-state index contributed by atoms with van der Waals surface area (Å²) in [7, 11) is 3.98. The Bertz CT molecular complexity index is 949. The van der Waals surface area contributed by atoms with Crippen LogP contribution >= 0.6 is 0 Å². The van der Waals surface area contributed by atoms with Crippen molar-refractivity contribution in [2.45, 2.75) is 37.9 Å². The first-order chi connectivity index (χ1) is 15.1. The highest BCUT2D eigenvalue weighted by Crippen LogP contribution is 2.46. The maximum atomic E-state index is 13.2. The maximum Gasteiger partial charge on any atom is 0.416 e. The lowest BCUT2D eigenvalue weighted by Gasteiger charge is -2.41. The van der Waals surface area contributed by atoms with E-state index in [0.29, 0.717) is 11.7 Å². The molecule has 1 aromatic carbocycles. The molecule has 1 saturated carbocycles. The molecule has 1 aliphatic heterocycles. The fraction of sp³-hybridized carbons (Fsp3) is 0.565. The number of likely N-dealkylation sites (N-methyl/N-ethyl adjacent to an activating group) is 1. The third kappa shape index (κ3) is 4.83. The van der Waals surface area contributed by atoms with Gasteiger partial charge in [0.2, 0.25) is 0 Å². The minimum Gasteiger partial charge on any atom is -0.383 e. The van der Waals surface area contributed by atoms with Crippen LogP contribution in [0.2, 0.25) is 0 Å². The van der Waals surface area contributed by atoms with Crippen LogP contribution in [-0.4, -0.2) is 66.6 Å². The molecule has 2 aliphatic rings. The largest absolute Gasteiger partial charge is 0.416 e. The van der Waals surface area contributed by atoms with E-state index in [1.807, 2.05) is 14.1 Å². The Kier molecular flexibility index (Phi) is 6.31. The summed E-state index contributed by atoms with van der Waals surface area (Å²) in [4.78, 5) is 15.5. The lowest BCUT2D eigenvalue weighted by Crippen LogP contribution is -2.50. The number of aryl methyl sites for hydroxylation is 1. The van der Waals surface area contributed by atoms with Gasteiger partial charge in [-0.1, -0.05) is 12.1 Å². The van der Waals surface area contributed by atoms with Gasteiger partial charge in [-0.25, -0.2) is 9.97 Å². The number of nitrogens with zero attached hydrogens (tertiary/aromatic N) is 5. The van der Waals surface area contributed by atoms with E-state index < -0.39 is 11.7 Å². The number of nitrogens with two attached hydrogens (primary N) is 1. The number of piperazine rings is 1. The minimum atomic E-state index is -4.33. The van der Waals surface area contributed by atoms with Crippen LogP contribution in [0.4, 0.5) is 24.8 Å². The van der Waals surface area contributed by atoms with Gasteiger partial charge in [-0.2, -0.15) is 13.2 Å². The first-order valence-corrected chi connectivity index (χ1v) is 11.1. The Labute approximate surface area is 187 Å². The summed E-state index contributed by atoms with van der Waals surface area (Å²) in [6.45, 7) is 5.45. The lowest BCUT2D eigenvalue weighted by molar-refractivity contribution is -0.138. The van der Waals surface area contributed by atoms with E-state index in [0.717, 1.165) is 62.5 Å². The molecule has 2 heterocycles. The van der Waals surface area contributed by atoms with Crippen LogP contribution in [0.5, 0.6) is 0 Å². The molecule has 1 atom stereocenters. The Balaban J connectivity index is 1.52. The van der Waals surface area contributed by atoms with Crippen LogP contribution in [0.1, 0.15) is 47.1 Å². The average molecular weight is 449 g/mol. The van der Waals surface area contributed by atoms with E-state index in [-0.39, 0.29) is 11.6 Å². The number of hydrogen-bond acceptors (Lipinski definition) is 6. The summed E-state index contributed by atoms with van der Waals surface area (Å²) < 4.78 is 39.7. The second-order valence-corrected chi connectivity index (χ2v) is 9.14. The molecule has 9 heteroatoms. The summed E-state index contributed by atoms with van der Waals surface area (Å²) in [6, 6.07) is 4.56. The molecule has 1 unspecified atom stereocenters. The van der Waals surface area contributed by atoms with Crippen LogP contribution < -0.4 is 10.6 Å². The minimum absolute atomic E-state index is 0.0199. The monoisotopic (exact) mass is 448 g/mol. The number of anilines is 2. The number of aromatic nitrogens is 2. The molecule has 32 heavy (non-hydrogen) atoms. The van der Waals surface area contributed by atoms with Gasteiger partial charge in [0.05, 0.1) is 5.56 Å². The van der Waals surface area contributed by atoms with Crippen molar-refractivity contribution in [2.75, 3.05) is 57.5 Å². The number of hydrogen-bond donors (Lipinski definition) is 1. The van der Waals surface area contributed by atoms with Crippen LogP contribution in [0.15, 0.2) is 24.5 Å². The highest BCUT2D eigenvalue weighted by atomic mass is 19.4. The molecule has 6 nitrogen and oxygen atoms in total. The molecule has 0 radical (unpaired) electrons. The van der Waals surface area contributed by atoms with Crippen molar-refractivity contribution in [3.8, 4) is 0 Å². The van der Waals surface area contributed by atoms with Crippen molar-refractivity contribution in [2.24, 2.45) is 0 Å².